The van der Waals surface area contributed by atoms with Gasteiger partial charge in [0, 0.05) is 42.1 Å². The average molecular weight is 645 g/mol. The highest BCUT2D eigenvalue weighted by Crippen LogP contribution is 2.55. The number of aromatic nitrogens is 1. The Kier molecular flexibility index (Phi) is 7.36. The highest BCUT2D eigenvalue weighted by Gasteiger charge is 2.49. The Bertz CT molecular complexity index is 1910. The number of halogens is 3. The van der Waals surface area contributed by atoms with Crippen LogP contribution in [0.1, 0.15) is 71.1 Å². The fourth-order valence-electron chi connectivity index (χ4n) is 8.45. The molecular weight excluding hydrogens is 609 g/mol. The molecule has 244 valence electrons. The first-order chi connectivity index (χ1) is 22.7. The van der Waals surface area contributed by atoms with E-state index in [-0.39, 0.29) is 47.4 Å². The minimum absolute atomic E-state index is 0.0448. The summed E-state index contributed by atoms with van der Waals surface area (Å²) in [6.07, 6.45) is -0.252. The molecule has 4 aliphatic heterocycles. The number of fused-ring (bicyclic) bond motifs is 3. The van der Waals surface area contributed by atoms with Gasteiger partial charge in [0.2, 0.25) is 5.91 Å². The zero-order valence-corrected chi connectivity index (χ0v) is 25.6. The van der Waals surface area contributed by atoms with Crippen LogP contribution in [0.15, 0.2) is 48.7 Å². The molecule has 4 saturated heterocycles. The molecule has 5 aliphatic rings. The number of carboxylic acid groups (broad SMARTS) is 1. The number of benzene rings is 3. The van der Waals surface area contributed by atoms with Crippen LogP contribution in [0.3, 0.4) is 0 Å². The van der Waals surface area contributed by atoms with Crippen molar-refractivity contribution in [1.82, 2.24) is 20.9 Å². The first kappa shape index (κ1) is 30.1. The summed E-state index contributed by atoms with van der Waals surface area (Å²) in [5.41, 5.74) is 1.53. The molecular formula is C36H35F3N4O4. The SMILES string of the molecule is O=C1CC(c2c(C(=O)O)ncc3c(OC4CCNCC4)c(-c4cc(C(F)(F)F)c5ccccc5c4C4C5CNC4C5)ccc23)CCN1. The maximum Gasteiger partial charge on any atom is 0.417 e. The molecule has 5 heterocycles. The van der Waals surface area contributed by atoms with Gasteiger partial charge >= 0.3 is 12.1 Å². The molecule has 1 aliphatic carbocycles. The summed E-state index contributed by atoms with van der Waals surface area (Å²) in [5.74, 6) is -0.975. The summed E-state index contributed by atoms with van der Waals surface area (Å²) in [6, 6.07) is 11.8. The van der Waals surface area contributed by atoms with Gasteiger partial charge < -0.3 is 25.8 Å². The lowest BCUT2D eigenvalue weighted by Crippen LogP contribution is -2.35. The Morgan fingerprint density at radius 1 is 0.936 bits per heavy atom. The largest absolute Gasteiger partial charge is 0.489 e. The molecule has 4 atom stereocenters. The van der Waals surface area contributed by atoms with Gasteiger partial charge in [0.25, 0.3) is 0 Å². The first-order valence-corrected chi connectivity index (χ1v) is 16.4. The maximum atomic E-state index is 14.8. The smallest absolute Gasteiger partial charge is 0.417 e. The van der Waals surface area contributed by atoms with E-state index < -0.39 is 17.7 Å². The van der Waals surface area contributed by atoms with Gasteiger partial charge in [-0.15, -0.1) is 0 Å². The number of carboxylic acids is 1. The van der Waals surface area contributed by atoms with Gasteiger partial charge in [0.05, 0.1) is 5.56 Å². The lowest BCUT2D eigenvalue weighted by molar-refractivity contribution is -0.136. The molecule has 2 bridgehead atoms. The van der Waals surface area contributed by atoms with Crippen molar-refractivity contribution in [2.45, 2.75) is 62.3 Å². The number of alkyl halides is 3. The summed E-state index contributed by atoms with van der Waals surface area (Å²) in [5, 5.41) is 21.7. The topological polar surface area (TPSA) is 113 Å². The third-order valence-corrected chi connectivity index (χ3v) is 10.6. The molecule has 9 rings (SSSR count). The number of nitrogens with one attached hydrogen (secondary N) is 3. The number of rotatable bonds is 6. The molecule has 0 radical (unpaired) electrons. The maximum absolute atomic E-state index is 14.8. The van der Waals surface area contributed by atoms with Crippen molar-refractivity contribution in [3.05, 3.63) is 71.0 Å². The Hall–Kier alpha value is -4.22. The van der Waals surface area contributed by atoms with Crippen LogP contribution < -0.4 is 20.7 Å². The molecule has 11 heteroatoms. The zero-order valence-electron chi connectivity index (χ0n) is 25.6. The molecule has 8 nitrogen and oxygen atoms in total. The van der Waals surface area contributed by atoms with Crippen LogP contribution in [0.25, 0.3) is 32.7 Å². The Balaban J connectivity index is 1.42. The quantitative estimate of drug-likeness (QED) is 0.205. The number of pyridine rings is 1. The van der Waals surface area contributed by atoms with Crippen molar-refractivity contribution in [3.8, 4) is 16.9 Å². The predicted octanol–water partition coefficient (Wildman–Crippen LogP) is 5.97. The molecule has 4 unspecified atom stereocenters. The van der Waals surface area contributed by atoms with Crippen molar-refractivity contribution in [2.75, 3.05) is 26.2 Å². The molecule has 4 aromatic rings. The van der Waals surface area contributed by atoms with E-state index in [4.69, 9.17) is 4.74 Å². The van der Waals surface area contributed by atoms with Gasteiger partial charge in [0.15, 0.2) is 5.69 Å². The summed E-state index contributed by atoms with van der Waals surface area (Å²) >= 11 is 0. The van der Waals surface area contributed by atoms with Gasteiger partial charge in [-0.1, -0.05) is 30.3 Å². The van der Waals surface area contributed by atoms with E-state index in [9.17, 15) is 27.9 Å². The van der Waals surface area contributed by atoms with Gasteiger partial charge in [-0.2, -0.15) is 13.2 Å². The van der Waals surface area contributed by atoms with E-state index in [1.165, 1.54) is 12.3 Å². The molecule has 3 aromatic carbocycles. The number of nitrogens with zero attached hydrogens (tertiary/aromatic N) is 1. The van der Waals surface area contributed by atoms with Gasteiger partial charge in [-0.05, 0) is 102 Å². The third kappa shape index (κ3) is 5.11. The minimum atomic E-state index is -4.59. The Morgan fingerprint density at radius 3 is 2.38 bits per heavy atom. The molecule has 1 saturated carbocycles. The highest BCUT2D eigenvalue weighted by molar-refractivity contribution is 6.04. The monoisotopic (exact) mass is 644 g/mol. The van der Waals surface area contributed by atoms with Crippen LogP contribution in [-0.4, -0.2) is 60.3 Å². The second kappa shape index (κ2) is 11.5. The standard InChI is InChI=1S/C36H35F3N4O4/c37-36(38,39)27-15-25(32(22-4-2-1-3-21(22)27)31-19-13-28(31)42-16-19)24-6-5-23-26(34(24)47-20-8-10-40-11-9-20)17-43-33(35(45)46)30(23)18-7-12-41-29(44)14-18/h1-6,15,17-20,28,31,40,42H,7-14,16H2,(H,41,44)(H,45,46). The normalized spacial score (nSPS) is 24.7. The van der Waals surface area contributed by atoms with Gasteiger partial charge in [0.1, 0.15) is 11.9 Å². The second-order valence-electron chi connectivity index (χ2n) is 13.3. The number of amides is 1. The minimum Gasteiger partial charge on any atom is -0.489 e. The second-order valence-corrected chi connectivity index (χ2v) is 13.3. The third-order valence-electron chi connectivity index (χ3n) is 10.6. The van der Waals surface area contributed by atoms with E-state index in [0.717, 1.165) is 31.6 Å². The number of ether oxygens (including phenoxy) is 1. The number of aromatic carboxylic acids is 1. The molecule has 4 N–H and O–H groups in total. The van der Waals surface area contributed by atoms with E-state index >= 15 is 0 Å². The molecule has 0 spiro atoms. The molecule has 5 fully saturated rings. The fourth-order valence-corrected chi connectivity index (χ4v) is 8.45. The number of hydrogen-bond acceptors (Lipinski definition) is 6. The van der Waals surface area contributed by atoms with E-state index in [1.807, 2.05) is 0 Å². The first-order valence-electron chi connectivity index (χ1n) is 16.4. The fraction of sp³-hybridized carbons (Fsp3) is 0.417. The zero-order chi connectivity index (χ0) is 32.4. The van der Waals surface area contributed by atoms with Crippen LogP contribution in [0.2, 0.25) is 0 Å². The van der Waals surface area contributed by atoms with Gasteiger partial charge in [-0.25, -0.2) is 9.78 Å². The van der Waals surface area contributed by atoms with E-state index in [0.29, 0.717) is 70.3 Å². The summed E-state index contributed by atoms with van der Waals surface area (Å²) in [7, 11) is 0. The lowest BCUT2D eigenvalue weighted by Gasteiger charge is -2.38. The summed E-state index contributed by atoms with van der Waals surface area (Å²) in [6.45, 7) is 2.71. The van der Waals surface area contributed by atoms with Crippen molar-refractivity contribution < 1.29 is 32.6 Å². The Labute approximate surface area is 269 Å². The van der Waals surface area contributed by atoms with Crippen molar-refractivity contribution in [3.63, 3.8) is 0 Å². The van der Waals surface area contributed by atoms with Crippen LogP contribution in [0.5, 0.6) is 5.75 Å². The molecule has 1 aromatic heterocycles. The van der Waals surface area contributed by atoms with E-state index in [1.54, 1.807) is 36.4 Å². The van der Waals surface area contributed by atoms with E-state index in [2.05, 4.69) is 20.9 Å². The number of hydrogen-bond donors (Lipinski definition) is 4. The van der Waals surface area contributed by atoms with Crippen LogP contribution in [0.4, 0.5) is 13.2 Å². The summed E-state index contributed by atoms with van der Waals surface area (Å²) in [4.78, 5) is 29.3. The highest BCUT2D eigenvalue weighted by atomic mass is 19.4. The van der Waals surface area contributed by atoms with Crippen LogP contribution >= 0.6 is 0 Å². The average Bonchev–Trinajstić information content (AvgIpc) is 3.71. The van der Waals surface area contributed by atoms with Crippen LogP contribution in [0, 0.1) is 5.92 Å². The van der Waals surface area contributed by atoms with Crippen LogP contribution in [-0.2, 0) is 11.0 Å². The molecule has 47 heavy (non-hydrogen) atoms. The van der Waals surface area contributed by atoms with Crippen molar-refractivity contribution in [2.24, 2.45) is 5.92 Å². The predicted molar refractivity (Wildman–Crippen MR) is 171 cm³/mol. The number of carbonyl (C=O) groups is 2. The Morgan fingerprint density at radius 2 is 1.70 bits per heavy atom. The summed E-state index contributed by atoms with van der Waals surface area (Å²) < 4.78 is 51.2. The van der Waals surface area contributed by atoms with Gasteiger partial charge in [-0.3, -0.25) is 4.79 Å². The number of carbonyl (C=O) groups excluding carboxylic acids is 1. The lowest BCUT2D eigenvalue weighted by atomic mass is 9.67. The van der Waals surface area contributed by atoms with Crippen molar-refractivity contribution in [1.29, 1.82) is 0 Å². The molecule has 1 amide bonds. The number of piperidine rings is 2. The van der Waals surface area contributed by atoms with Crippen molar-refractivity contribution >= 4 is 33.4 Å².